The van der Waals surface area contributed by atoms with Crippen molar-refractivity contribution in [3.63, 3.8) is 0 Å². The molecule has 1 aliphatic rings. The lowest BCUT2D eigenvalue weighted by atomic mass is 9.94. The first-order valence-electron chi connectivity index (χ1n) is 7.62. The molecule has 0 unspecified atom stereocenters. The van der Waals surface area contributed by atoms with Crippen molar-refractivity contribution in [1.82, 2.24) is 0 Å². The fraction of sp³-hybridized carbons (Fsp3) is 0.316. The molecule has 0 aliphatic carbocycles. The van der Waals surface area contributed by atoms with E-state index in [-0.39, 0.29) is 12.1 Å². The average Bonchev–Trinajstić information content (AvgIpc) is 2.88. The second-order valence-corrected chi connectivity index (χ2v) is 6.20. The second kappa shape index (κ2) is 5.93. The maximum absolute atomic E-state index is 9.37. The molecule has 0 bridgehead atoms. The van der Waals surface area contributed by atoms with Crippen LogP contribution >= 0.6 is 0 Å². The Labute approximate surface area is 131 Å². The quantitative estimate of drug-likeness (QED) is 0.938. The Bertz CT molecular complexity index is 690. The van der Waals surface area contributed by atoms with E-state index in [1.54, 1.807) is 0 Å². The zero-order valence-electron chi connectivity index (χ0n) is 13.0. The predicted octanol–water partition coefficient (Wildman–Crippen LogP) is 3.44. The number of aliphatic imine (C=N–C) groups is 1. The van der Waals surface area contributed by atoms with Crippen LogP contribution in [0.1, 0.15) is 25.0 Å². The molecule has 0 aromatic heterocycles. The Morgan fingerprint density at radius 2 is 1.86 bits per heavy atom. The summed E-state index contributed by atoms with van der Waals surface area (Å²) in [5.74, 6) is 0.688. The largest absolute Gasteiger partial charge is 0.475 e. The number of hydrogen-bond acceptors (Lipinski definition) is 3. The highest BCUT2D eigenvalue weighted by atomic mass is 16.5. The first-order chi connectivity index (χ1) is 10.6. The summed E-state index contributed by atoms with van der Waals surface area (Å²) >= 11 is 0. The van der Waals surface area contributed by atoms with Gasteiger partial charge in [-0.25, -0.2) is 4.99 Å². The van der Waals surface area contributed by atoms with Crippen molar-refractivity contribution in [3.05, 3.63) is 59.7 Å². The first-order valence-corrected chi connectivity index (χ1v) is 7.62. The minimum absolute atomic E-state index is 0.113. The van der Waals surface area contributed by atoms with Crippen LogP contribution in [0.3, 0.4) is 0 Å². The lowest BCUT2D eigenvalue weighted by Crippen LogP contribution is -2.17. The van der Waals surface area contributed by atoms with E-state index >= 15 is 0 Å². The van der Waals surface area contributed by atoms with Crippen molar-refractivity contribution >= 4 is 5.90 Å². The van der Waals surface area contributed by atoms with Crippen molar-refractivity contribution in [3.8, 4) is 11.1 Å². The van der Waals surface area contributed by atoms with Gasteiger partial charge in [-0.3, -0.25) is 0 Å². The van der Waals surface area contributed by atoms with E-state index in [2.05, 4.69) is 32.0 Å². The first kappa shape index (κ1) is 14.8. The van der Waals surface area contributed by atoms with Gasteiger partial charge in [0.15, 0.2) is 0 Å². The van der Waals surface area contributed by atoms with E-state index in [1.165, 1.54) is 0 Å². The second-order valence-electron chi connectivity index (χ2n) is 6.20. The van der Waals surface area contributed by atoms with Gasteiger partial charge in [0.2, 0.25) is 5.90 Å². The molecule has 3 nitrogen and oxygen atoms in total. The highest BCUT2D eigenvalue weighted by Crippen LogP contribution is 2.31. The van der Waals surface area contributed by atoms with E-state index < -0.39 is 0 Å². The van der Waals surface area contributed by atoms with Gasteiger partial charge in [-0.1, -0.05) is 48.5 Å². The molecule has 0 spiro atoms. The number of aliphatic hydroxyl groups excluding tert-OH is 1. The van der Waals surface area contributed by atoms with Crippen molar-refractivity contribution in [1.29, 1.82) is 0 Å². The highest BCUT2D eigenvalue weighted by molar-refractivity contribution is 6.03. The fourth-order valence-corrected chi connectivity index (χ4v) is 2.75. The fourth-order valence-electron chi connectivity index (χ4n) is 2.75. The molecule has 2 aromatic carbocycles. The minimum Gasteiger partial charge on any atom is -0.475 e. The molecule has 0 atom stereocenters. The molecule has 114 valence electrons. The number of nitrogens with zero attached hydrogens (tertiary/aromatic N) is 1. The molecular formula is C19H21NO2. The van der Waals surface area contributed by atoms with Crippen molar-refractivity contribution in [2.24, 2.45) is 4.99 Å². The summed E-state index contributed by atoms with van der Waals surface area (Å²) in [5, 5.41) is 9.37. The highest BCUT2D eigenvalue weighted by Gasteiger charge is 2.29. The Morgan fingerprint density at radius 1 is 1.09 bits per heavy atom. The van der Waals surface area contributed by atoms with Crippen molar-refractivity contribution < 1.29 is 9.84 Å². The van der Waals surface area contributed by atoms with Crippen LogP contribution in [-0.2, 0) is 11.2 Å². The maximum Gasteiger partial charge on any atom is 0.217 e. The van der Waals surface area contributed by atoms with Crippen LogP contribution in [0.15, 0.2) is 53.5 Å². The molecule has 1 heterocycles. The van der Waals surface area contributed by atoms with E-state index in [0.29, 0.717) is 18.9 Å². The minimum atomic E-state index is -0.199. The van der Waals surface area contributed by atoms with E-state index in [1.807, 2.05) is 30.3 Å². The molecule has 0 saturated heterocycles. The van der Waals surface area contributed by atoms with Gasteiger partial charge in [-0.2, -0.15) is 0 Å². The lowest BCUT2D eigenvalue weighted by Gasteiger charge is -2.14. The standard InChI is InChI=1S/C19H21NO2/c1-19(2)13-22-18(20-19)17-15(11-12-21)9-6-10-16(17)14-7-4-3-5-8-14/h3-10,21H,11-13H2,1-2H3. The summed E-state index contributed by atoms with van der Waals surface area (Å²) in [4.78, 5) is 4.73. The van der Waals surface area contributed by atoms with Gasteiger partial charge < -0.3 is 9.84 Å². The van der Waals surface area contributed by atoms with Gasteiger partial charge in [0.1, 0.15) is 6.61 Å². The monoisotopic (exact) mass is 295 g/mol. The lowest BCUT2D eigenvalue weighted by molar-refractivity contribution is 0.279. The zero-order valence-corrected chi connectivity index (χ0v) is 13.0. The number of benzene rings is 2. The summed E-state index contributed by atoms with van der Waals surface area (Å²) in [5.41, 5.74) is 4.11. The molecule has 22 heavy (non-hydrogen) atoms. The third-order valence-corrected chi connectivity index (χ3v) is 3.80. The molecule has 0 fully saturated rings. The number of hydrogen-bond donors (Lipinski definition) is 1. The summed E-state index contributed by atoms with van der Waals surface area (Å²) in [6.07, 6.45) is 0.596. The maximum atomic E-state index is 9.37. The summed E-state index contributed by atoms with van der Waals surface area (Å²) in [6.45, 7) is 4.83. The summed E-state index contributed by atoms with van der Waals surface area (Å²) in [6, 6.07) is 16.4. The van der Waals surface area contributed by atoms with E-state index in [4.69, 9.17) is 9.73 Å². The van der Waals surface area contributed by atoms with E-state index in [0.717, 1.165) is 22.3 Å². The van der Waals surface area contributed by atoms with Crippen LogP contribution in [0.5, 0.6) is 0 Å². The average molecular weight is 295 g/mol. The Hall–Kier alpha value is -2.13. The van der Waals surface area contributed by atoms with Crippen molar-refractivity contribution in [2.45, 2.75) is 25.8 Å². The molecule has 1 N–H and O–H groups in total. The molecule has 2 aromatic rings. The molecular weight excluding hydrogens is 274 g/mol. The van der Waals surface area contributed by atoms with E-state index in [9.17, 15) is 5.11 Å². The third-order valence-electron chi connectivity index (χ3n) is 3.80. The van der Waals surface area contributed by atoms with Crippen molar-refractivity contribution in [2.75, 3.05) is 13.2 Å². The molecule has 0 saturated carbocycles. The smallest absolute Gasteiger partial charge is 0.217 e. The molecule has 3 rings (SSSR count). The molecule has 3 heteroatoms. The van der Waals surface area contributed by atoms with Gasteiger partial charge in [0.05, 0.1) is 5.54 Å². The summed E-state index contributed by atoms with van der Waals surface area (Å²) < 4.78 is 5.87. The summed E-state index contributed by atoms with van der Waals surface area (Å²) in [7, 11) is 0. The molecule has 1 aliphatic heterocycles. The van der Waals surface area contributed by atoms with Crippen LogP contribution < -0.4 is 0 Å². The van der Waals surface area contributed by atoms with Gasteiger partial charge in [0, 0.05) is 12.2 Å². The number of aliphatic hydroxyl groups is 1. The SMILES string of the molecule is CC1(C)COC(c2c(CCO)cccc2-c2ccccc2)=N1. The zero-order chi connectivity index (χ0) is 15.6. The topological polar surface area (TPSA) is 41.8 Å². The van der Waals surface area contributed by atoms with Gasteiger partial charge in [0.25, 0.3) is 0 Å². The van der Waals surface area contributed by atoms with Crippen LogP contribution in [-0.4, -0.2) is 29.8 Å². The normalized spacial score (nSPS) is 16.2. The molecule has 0 radical (unpaired) electrons. The van der Waals surface area contributed by atoms with Crippen LogP contribution in [0, 0.1) is 0 Å². The number of ether oxygens (including phenoxy) is 1. The Balaban J connectivity index is 2.17. The van der Waals surface area contributed by atoms with Crippen LogP contribution in [0.2, 0.25) is 0 Å². The third kappa shape index (κ3) is 2.90. The Kier molecular flexibility index (Phi) is 3.99. The van der Waals surface area contributed by atoms with Gasteiger partial charge >= 0.3 is 0 Å². The predicted molar refractivity (Wildman–Crippen MR) is 89.2 cm³/mol. The number of rotatable bonds is 4. The van der Waals surface area contributed by atoms with Crippen LogP contribution in [0.25, 0.3) is 11.1 Å². The Morgan fingerprint density at radius 3 is 2.50 bits per heavy atom. The van der Waals surface area contributed by atoms with Gasteiger partial charge in [-0.15, -0.1) is 0 Å². The van der Waals surface area contributed by atoms with Gasteiger partial charge in [-0.05, 0) is 37.0 Å². The molecule has 0 amide bonds. The van der Waals surface area contributed by atoms with Crippen LogP contribution in [0.4, 0.5) is 0 Å².